The zero-order chi connectivity index (χ0) is 20.0. The molecule has 0 spiro atoms. The van der Waals surface area contributed by atoms with Crippen molar-refractivity contribution in [1.82, 2.24) is 10.7 Å². The van der Waals surface area contributed by atoms with Crippen molar-refractivity contribution in [2.75, 3.05) is 24.6 Å². The van der Waals surface area contributed by atoms with Crippen LogP contribution in [0, 0.1) is 5.82 Å². The van der Waals surface area contributed by atoms with Crippen LogP contribution in [0.4, 0.5) is 10.1 Å². The molecule has 3 aliphatic rings. The van der Waals surface area contributed by atoms with Crippen molar-refractivity contribution in [2.24, 2.45) is 5.10 Å². The van der Waals surface area contributed by atoms with Gasteiger partial charge in [-0.05, 0) is 61.6 Å². The van der Waals surface area contributed by atoms with E-state index in [-0.39, 0.29) is 30.3 Å². The highest BCUT2D eigenvalue weighted by Gasteiger charge is 2.36. The number of piperidine rings is 1. The molecule has 29 heavy (non-hydrogen) atoms. The van der Waals surface area contributed by atoms with Gasteiger partial charge in [-0.15, -0.1) is 0 Å². The van der Waals surface area contributed by atoms with Crippen molar-refractivity contribution in [3.63, 3.8) is 0 Å². The van der Waals surface area contributed by atoms with Crippen molar-refractivity contribution in [2.45, 2.75) is 31.7 Å². The van der Waals surface area contributed by atoms with Gasteiger partial charge < -0.3 is 15.0 Å². The predicted octanol–water partition coefficient (Wildman–Crippen LogP) is 2.99. The SMILES string of the molecule is CC1C(=O)NN=C2COc3cc(-c4ccccc4F)c(C4CCCNC4)cc3N21. The van der Waals surface area contributed by atoms with E-state index in [0.29, 0.717) is 17.1 Å². The standard InChI is InChI=1S/C22H23FN4O2/c1-13-22(28)26-25-21-12-29-20-10-17(15-6-2-3-7-18(15)23)16(9-19(20)27(13)21)14-5-4-8-24-11-14/h2-3,6-7,9-10,13-14,24H,4-5,8,11-12H2,1H3,(H,26,28). The molecule has 5 rings (SSSR count). The number of halogens is 1. The number of rotatable bonds is 2. The highest BCUT2D eigenvalue weighted by atomic mass is 19.1. The fraction of sp³-hybridized carbons (Fsp3) is 0.364. The highest BCUT2D eigenvalue weighted by Crippen LogP contribution is 2.44. The Morgan fingerprint density at radius 2 is 2.10 bits per heavy atom. The summed E-state index contributed by atoms with van der Waals surface area (Å²) in [7, 11) is 0. The van der Waals surface area contributed by atoms with Crippen LogP contribution in [0.1, 0.15) is 31.2 Å². The van der Waals surface area contributed by atoms with Crippen LogP contribution in [0.2, 0.25) is 0 Å². The molecule has 2 aromatic rings. The monoisotopic (exact) mass is 394 g/mol. The van der Waals surface area contributed by atoms with E-state index >= 15 is 0 Å². The summed E-state index contributed by atoms with van der Waals surface area (Å²) in [5.41, 5.74) is 5.87. The number of anilines is 1. The van der Waals surface area contributed by atoms with Crippen molar-refractivity contribution >= 4 is 17.4 Å². The molecule has 0 aromatic heterocycles. The Balaban J connectivity index is 1.69. The lowest BCUT2D eigenvalue weighted by molar-refractivity contribution is -0.122. The Labute approximate surface area is 168 Å². The quantitative estimate of drug-likeness (QED) is 0.822. The molecule has 0 radical (unpaired) electrons. The lowest BCUT2D eigenvalue weighted by atomic mass is 9.85. The Hall–Kier alpha value is -2.93. The molecular weight excluding hydrogens is 371 g/mol. The number of nitrogens with one attached hydrogen (secondary N) is 2. The van der Waals surface area contributed by atoms with E-state index in [1.807, 2.05) is 30.0 Å². The minimum atomic E-state index is -0.387. The maximum Gasteiger partial charge on any atom is 0.262 e. The fourth-order valence-corrected chi connectivity index (χ4v) is 4.46. The van der Waals surface area contributed by atoms with Gasteiger partial charge in [0.25, 0.3) is 5.91 Å². The van der Waals surface area contributed by atoms with E-state index in [4.69, 9.17) is 4.74 Å². The van der Waals surface area contributed by atoms with Crippen LogP contribution in [-0.2, 0) is 4.79 Å². The third-order valence-electron chi connectivity index (χ3n) is 5.99. The number of benzene rings is 2. The second-order valence-corrected chi connectivity index (χ2v) is 7.77. The number of amidine groups is 1. The normalized spacial score (nSPS) is 23.4. The maximum atomic E-state index is 14.7. The molecule has 3 aliphatic heterocycles. The van der Waals surface area contributed by atoms with Crippen molar-refractivity contribution in [1.29, 1.82) is 0 Å². The minimum absolute atomic E-state index is 0.152. The third-order valence-corrected chi connectivity index (χ3v) is 5.99. The summed E-state index contributed by atoms with van der Waals surface area (Å²) in [6.07, 6.45) is 2.11. The molecule has 7 heteroatoms. The summed E-state index contributed by atoms with van der Waals surface area (Å²) < 4.78 is 20.7. The Bertz CT molecular complexity index is 1000. The van der Waals surface area contributed by atoms with Crippen LogP contribution in [-0.4, -0.2) is 37.5 Å². The third kappa shape index (κ3) is 3.06. The number of carbonyl (C=O) groups is 1. The molecule has 1 saturated heterocycles. The zero-order valence-corrected chi connectivity index (χ0v) is 16.2. The molecule has 1 fully saturated rings. The average Bonchev–Trinajstić information content (AvgIpc) is 2.76. The zero-order valence-electron chi connectivity index (χ0n) is 16.2. The average molecular weight is 394 g/mol. The van der Waals surface area contributed by atoms with Crippen molar-refractivity contribution in [3.8, 4) is 16.9 Å². The molecule has 0 bridgehead atoms. The number of hydrazone groups is 1. The van der Waals surface area contributed by atoms with Crippen LogP contribution in [0.3, 0.4) is 0 Å². The van der Waals surface area contributed by atoms with E-state index in [9.17, 15) is 9.18 Å². The molecule has 150 valence electrons. The van der Waals surface area contributed by atoms with Crippen LogP contribution in [0.5, 0.6) is 5.75 Å². The van der Waals surface area contributed by atoms with Gasteiger partial charge >= 0.3 is 0 Å². The topological polar surface area (TPSA) is 66.0 Å². The Morgan fingerprint density at radius 1 is 1.24 bits per heavy atom. The first kappa shape index (κ1) is 18.1. The molecule has 0 saturated carbocycles. The molecule has 6 nitrogen and oxygen atoms in total. The molecular formula is C22H23FN4O2. The minimum Gasteiger partial charge on any atom is -0.483 e. The van der Waals surface area contributed by atoms with Crippen molar-refractivity contribution in [3.05, 3.63) is 47.8 Å². The number of hydrogen-bond donors (Lipinski definition) is 2. The van der Waals surface area contributed by atoms with E-state index < -0.39 is 0 Å². The lowest BCUT2D eigenvalue weighted by Gasteiger charge is -2.39. The first-order valence-electron chi connectivity index (χ1n) is 10.1. The van der Waals surface area contributed by atoms with Gasteiger partial charge in [0.2, 0.25) is 0 Å². The fourth-order valence-electron chi connectivity index (χ4n) is 4.46. The van der Waals surface area contributed by atoms with Gasteiger partial charge in [0.05, 0.1) is 5.69 Å². The molecule has 2 atom stereocenters. The first-order valence-corrected chi connectivity index (χ1v) is 10.1. The van der Waals surface area contributed by atoms with Gasteiger partial charge in [0.1, 0.15) is 24.2 Å². The first-order chi connectivity index (χ1) is 14.1. The van der Waals surface area contributed by atoms with Gasteiger partial charge in [0, 0.05) is 12.1 Å². The second-order valence-electron chi connectivity index (χ2n) is 7.77. The summed E-state index contributed by atoms with van der Waals surface area (Å²) in [5, 5.41) is 7.62. The number of amides is 1. The van der Waals surface area contributed by atoms with Crippen LogP contribution in [0.25, 0.3) is 11.1 Å². The van der Waals surface area contributed by atoms with Crippen LogP contribution >= 0.6 is 0 Å². The van der Waals surface area contributed by atoms with Crippen LogP contribution < -0.4 is 20.4 Å². The number of fused-ring (bicyclic) bond motifs is 3. The van der Waals surface area contributed by atoms with Gasteiger partial charge in [-0.1, -0.05) is 18.2 Å². The van der Waals surface area contributed by atoms with Gasteiger partial charge in [0.15, 0.2) is 5.84 Å². The Kier molecular flexibility index (Phi) is 4.47. The predicted molar refractivity (Wildman–Crippen MR) is 110 cm³/mol. The van der Waals surface area contributed by atoms with Crippen molar-refractivity contribution < 1.29 is 13.9 Å². The van der Waals surface area contributed by atoms with E-state index in [2.05, 4.69) is 21.9 Å². The molecule has 0 aliphatic carbocycles. The highest BCUT2D eigenvalue weighted by molar-refractivity contribution is 6.09. The number of carbonyl (C=O) groups excluding carboxylic acids is 1. The second kappa shape index (κ2) is 7.15. The summed E-state index contributed by atoms with van der Waals surface area (Å²) in [5.74, 6) is 1.19. The molecule has 2 N–H and O–H groups in total. The molecule has 2 unspecified atom stereocenters. The lowest BCUT2D eigenvalue weighted by Crippen LogP contribution is -2.55. The number of ether oxygens (including phenoxy) is 1. The van der Waals surface area contributed by atoms with E-state index in [1.165, 1.54) is 6.07 Å². The summed E-state index contributed by atoms with van der Waals surface area (Å²) in [4.78, 5) is 14.2. The van der Waals surface area contributed by atoms with Crippen LogP contribution in [0.15, 0.2) is 41.5 Å². The summed E-state index contributed by atoms with van der Waals surface area (Å²) in [6.45, 7) is 3.96. The number of nitrogens with zero attached hydrogens (tertiary/aromatic N) is 2. The smallest absolute Gasteiger partial charge is 0.262 e. The molecule has 3 heterocycles. The Morgan fingerprint density at radius 3 is 2.90 bits per heavy atom. The molecule has 2 aromatic carbocycles. The number of hydrogen-bond acceptors (Lipinski definition) is 5. The largest absolute Gasteiger partial charge is 0.483 e. The molecule has 1 amide bonds. The van der Waals surface area contributed by atoms with Gasteiger partial charge in [-0.25, -0.2) is 9.82 Å². The summed E-state index contributed by atoms with van der Waals surface area (Å²) >= 11 is 0. The van der Waals surface area contributed by atoms with Gasteiger partial charge in [-0.3, -0.25) is 4.79 Å². The summed E-state index contributed by atoms with van der Waals surface area (Å²) in [6, 6.07) is 10.5. The maximum absolute atomic E-state index is 14.7. The van der Waals surface area contributed by atoms with E-state index in [0.717, 1.165) is 42.7 Å². The van der Waals surface area contributed by atoms with Gasteiger partial charge in [-0.2, -0.15) is 5.10 Å². The van der Waals surface area contributed by atoms with E-state index in [1.54, 1.807) is 6.07 Å².